The minimum atomic E-state index is -0.822. The molecule has 0 saturated carbocycles. The molecule has 1 N–H and O–H groups in total. The van der Waals surface area contributed by atoms with E-state index in [0.29, 0.717) is 5.56 Å². The van der Waals surface area contributed by atoms with Crippen LogP contribution in [0.5, 0.6) is 0 Å². The van der Waals surface area contributed by atoms with Crippen molar-refractivity contribution >= 4 is 65.4 Å². The number of fused-ring (bicyclic) bond motifs is 14. The number of aromatic nitrogens is 9. The number of benzene rings is 14. The number of hydrogen-bond acceptors (Lipinski definition) is 8. The maximum atomic E-state index is 13.9. The second-order valence-electron chi connectivity index (χ2n) is 24.2. The zero-order chi connectivity index (χ0) is 87.7. The first kappa shape index (κ1) is 44.5. The fourth-order valence-electron chi connectivity index (χ4n) is 13.9. The van der Waals surface area contributed by atoms with E-state index >= 15 is 0 Å². The normalized spacial score (nSPS) is 14.8. The van der Waals surface area contributed by atoms with Gasteiger partial charge < -0.3 is 14.1 Å². The van der Waals surface area contributed by atoms with Crippen molar-refractivity contribution < 1.29 is 31.8 Å². The summed E-state index contributed by atoms with van der Waals surface area (Å²) in [6.07, 6.45) is 0. The van der Waals surface area contributed by atoms with Crippen LogP contribution in [0.2, 0.25) is 0 Å². The van der Waals surface area contributed by atoms with Gasteiger partial charge in [-0.15, -0.1) is 0 Å². The van der Waals surface area contributed by atoms with E-state index in [1.807, 2.05) is 48.5 Å². The molecule has 0 spiro atoms. The smallest absolute Gasteiger partial charge is 0.164 e. The molecule has 5 heterocycles. The number of rotatable bonds is 9. The second kappa shape index (κ2) is 26.8. The predicted molar refractivity (Wildman–Crippen MR) is 419 cm³/mol. The Morgan fingerprint density at radius 2 is 0.762 bits per heavy atom. The predicted octanol–water partition coefficient (Wildman–Crippen LogP) is 22.3. The lowest BCUT2D eigenvalue weighted by atomic mass is 9.84. The highest BCUT2D eigenvalue weighted by Gasteiger charge is 2.35. The summed E-state index contributed by atoms with van der Waals surface area (Å²) in [4.78, 5) is 29.7. The molecule has 12 heteroatoms. The fraction of sp³-hybridized carbons (Fsp3) is 0.0108. The number of nitriles is 2. The average Bonchev–Trinajstić information content (AvgIpc) is 1.56. The lowest BCUT2D eigenvalue weighted by Gasteiger charge is -2.18. The molecule has 0 bridgehead atoms. The van der Waals surface area contributed by atoms with E-state index in [-0.39, 0.29) is 62.6 Å². The Bertz CT molecular complexity index is 7650. The Morgan fingerprint density at radius 1 is 0.343 bits per heavy atom. The minimum absolute atomic E-state index is 0.0718. The molecular formula is C93H58FN11. The van der Waals surface area contributed by atoms with Gasteiger partial charge in [0.2, 0.25) is 0 Å². The minimum Gasteiger partial charge on any atom is -0.354 e. The van der Waals surface area contributed by atoms with Gasteiger partial charge in [0.15, 0.2) is 34.9 Å². The SMILES string of the molecule is [2H]c1c([2H])c([2H])c(-c2nc(-c3ccc(C4c5ccccc5-c5ccc6c(c54)c4ccccc4n6-c4ccccc4)c(C#N)c3)nc(-c3c([2H])c([2H])c([2H])c([2H])c3[2H])n2)c([2H])c1[2H].[2H]c1c([2H])c([2H])c(-c2nc(-c3ccc(F)c(C#N)c3)nc(-c3c([2H])c([2H])c([2H])c([2H])c3[2H])n2)c([2H])c1[2H].c1ccc(-n2c3ccccc3c3c4[nH]c5ccccc5c4ccc32)cc1. The monoisotopic (exact) mass is 1370 g/mol. The first-order valence-electron chi connectivity index (χ1n) is 43.0. The van der Waals surface area contributed by atoms with Gasteiger partial charge >= 0.3 is 0 Å². The van der Waals surface area contributed by atoms with Crippen molar-refractivity contribution in [2.75, 3.05) is 0 Å². The molecule has 5 aromatic heterocycles. The highest BCUT2D eigenvalue weighted by atomic mass is 19.1. The molecular weight excluding hydrogens is 1290 g/mol. The van der Waals surface area contributed by atoms with Crippen molar-refractivity contribution in [2.24, 2.45) is 0 Å². The first-order chi connectivity index (χ1) is 60.2. The first-order valence-corrected chi connectivity index (χ1v) is 33.0. The molecule has 492 valence electrons. The van der Waals surface area contributed by atoms with Crippen molar-refractivity contribution in [1.29, 1.82) is 10.5 Å². The van der Waals surface area contributed by atoms with Crippen LogP contribution < -0.4 is 0 Å². The molecule has 1 atom stereocenters. The molecule has 19 aromatic rings. The third-order valence-electron chi connectivity index (χ3n) is 18.3. The maximum absolute atomic E-state index is 13.9. The molecule has 1 aliphatic rings. The van der Waals surface area contributed by atoms with E-state index < -0.39 is 149 Å². The van der Waals surface area contributed by atoms with Gasteiger partial charge in [0.1, 0.15) is 11.9 Å². The molecule has 0 aliphatic heterocycles. The summed E-state index contributed by atoms with van der Waals surface area (Å²) in [5, 5.41) is 27.4. The fourth-order valence-corrected chi connectivity index (χ4v) is 13.9. The van der Waals surface area contributed by atoms with Crippen LogP contribution in [0.1, 0.15) is 61.2 Å². The molecule has 0 saturated heterocycles. The summed E-state index contributed by atoms with van der Waals surface area (Å²) in [6, 6.07) is 62.9. The molecule has 0 amide bonds. The van der Waals surface area contributed by atoms with Crippen LogP contribution in [0.15, 0.2) is 339 Å². The number of nitrogens with zero attached hydrogens (tertiary/aromatic N) is 10. The molecule has 11 nitrogen and oxygen atoms in total. The van der Waals surface area contributed by atoms with Crippen LogP contribution in [0, 0.1) is 28.5 Å². The summed E-state index contributed by atoms with van der Waals surface area (Å²) in [6.45, 7) is 0. The van der Waals surface area contributed by atoms with Gasteiger partial charge in [-0.05, 0) is 107 Å². The Hall–Kier alpha value is -14.6. The summed E-state index contributed by atoms with van der Waals surface area (Å²) < 4.78 is 183. The molecule has 1 unspecified atom stereocenters. The van der Waals surface area contributed by atoms with Gasteiger partial charge in [0, 0.05) is 88.5 Å². The van der Waals surface area contributed by atoms with Crippen LogP contribution in [0.3, 0.4) is 0 Å². The lowest BCUT2D eigenvalue weighted by molar-refractivity contribution is 0.624. The van der Waals surface area contributed by atoms with Gasteiger partial charge in [0.25, 0.3) is 0 Å². The van der Waals surface area contributed by atoms with Crippen LogP contribution in [-0.2, 0) is 0 Å². The third kappa shape index (κ3) is 11.3. The molecule has 14 aromatic carbocycles. The number of H-pyrrole nitrogens is 1. The topological polar surface area (TPSA) is 151 Å². The number of hydrogen-bond donors (Lipinski definition) is 1. The summed E-state index contributed by atoms with van der Waals surface area (Å²) in [7, 11) is 0. The van der Waals surface area contributed by atoms with Gasteiger partial charge in [-0.3, -0.25) is 0 Å². The van der Waals surface area contributed by atoms with Gasteiger partial charge in [-0.25, -0.2) is 34.3 Å². The van der Waals surface area contributed by atoms with E-state index in [0.717, 1.165) is 61.9 Å². The number of para-hydroxylation sites is 5. The van der Waals surface area contributed by atoms with Crippen molar-refractivity contribution in [3.8, 4) is 103 Å². The van der Waals surface area contributed by atoms with Crippen molar-refractivity contribution in [2.45, 2.75) is 5.92 Å². The third-order valence-corrected chi connectivity index (χ3v) is 18.3. The van der Waals surface area contributed by atoms with Crippen LogP contribution >= 0.6 is 0 Å². The summed E-state index contributed by atoms with van der Waals surface area (Å²) >= 11 is 0. The second-order valence-corrected chi connectivity index (χ2v) is 24.2. The summed E-state index contributed by atoms with van der Waals surface area (Å²) in [5.41, 5.74) is 12.7. The van der Waals surface area contributed by atoms with Gasteiger partial charge in [0.05, 0.1) is 72.2 Å². The van der Waals surface area contributed by atoms with E-state index in [9.17, 15) is 14.9 Å². The Kier molecular flexibility index (Phi) is 11.4. The van der Waals surface area contributed by atoms with Crippen LogP contribution in [0.4, 0.5) is 4.39 Å². The van der Waals surface area contributed by atoms with E-state index in [2.05, 4.69) is 190 Å². The summed E-state index contributed by atoms with van der Waals surface area (Å²) in [5.74, 6) is -3.25. The standard InChI is InChI=1S/C47H29N5.C24H16N2.C22H13FN4/c48-29-33-28-32(47-50-45(30-14-4-1-5-15-30)49-46(51-47)31-16-6-2-7-17-31)24-25-35(33)42-37-21-11-10-20-36(37)38-26-27-41-43(44(38)42)39-22-12-13-23-40(39)52(41)34-18-8-3-9-19-34;1-2-8-16(9-3-1)26-21-13-7-5-11-19(21)23-22(26)15-14-18-17-10-4-6-12-20(17)25-24(18)23;23-19-12-11-17(13-18(19)14-24)22-26-20(15-7-3-1-4-8-15)25-21(27-22)16-9-5-2-6-10-16/h1-28,42H;1-15,25H;1-13H/i1D,2D,4D,5D,6D,7D,14D,15D,16D,17D;;1D,2D,3D,4D,5D,6D,7D,8D,9D,10D. The Labute approximate surface area is 631 Å². The zero-order valence-electron chi connectivity index (χ0n) is 74.7. The molecule has 20 rings (SSSR count). The number of halogens is 1. The maximum Gasteiger partial charge on any atom is 0.164 e. The van der Waals surface area contributed by atoms with Gasteiger partial charge in [-0.2, -0.15) is 10.5 Å². The van der Waals surface area contributed by atoms with Crippen molar-refractivity contribution in [3.63, 3.8) is 0 Å². The Morgan fingerprint density at radius 3 is 1.29 bits per heavy atom. The Balaban J connectivity index is 0.000000142. The van der Waals surface area contributed by atoms with Crippen molar-refractivity contribution in [1.82, 2.24) is 44.0 Å². The average molecular weight is 1370 g/mol. The molecule has 0 radical (unpaired) electrons. The highest BCUT2D eigenvalue weighted by Crippen LogP contribution is 2.54. The largest absolute Gasteiger partial charge is 0.354 e. The van der Waals surface area contributed by atoms with E-state index in [1.54, 1.807) is 18.2 Å². The van der Waals surface area contributed by atoms with Crippen LogP contribution in [-0.4, -0.2) is 44.0 Å². The van der Waals surface area contributed by atoms with Crippen LogP contribution in [0.25, 0.3) is 156 Å². The van der Waals surface area contributed by atoms with E-state index in [1.165, 1.54) is 55.4 Å². The molecule has 105 heavy (non-hydrogen) atoms. The zero-order valence-corrected chi connectivity index (χ0v) is 54.7. The number of nitrogens with one attached hydrogen (secondary N) is 1. The number of aromatic amines is 1. The lowest BCUT2D eigenvalue weighted by Crippen LogP contribution is -2.04. The van der Waals surface area contributed by atoms with Gasteiger partial charge in [-0.1, -0.05) is 260 Å². The molecule has 1 aliphatic carbocycles. The van der Waals surface area contributed by atoms with E-state index in [4.69, 9.17) is 27.4 Å². The highest BCUT2D eigenvalue weighted by molar-refractivity contribution is 6.25. The quantitative estimate of drug-likeness (QED) is 0.150. The molecule has 0 fully saturated rings. The van der Waals surface area contributed by atoms with Crippen molar-refractivity contribution in [3.05, 3.63) is 373 Å².